The maximum absolute atomic E-state index is 4.53. The summed E-state index contributed by atoms with van der Waals surface area (Å²) < 4.78 is 1.13. The topological polar surface area (TPSA) is 66.0 Å². The van der Waals surface area contributed by atoms with Crippen LogP contribution in [0.4, 0.5) is 17.8 Å². The molecule has 0 saturated carbocycles. The second kappa shape index (κ2) is 6.57. The first kappa shape index (κ1) is 14.5. The van der Waals surface area contributed by atoms with Crippen LogP contribution in [0.1, 0.15) is 17.7 Å². The van der Waals surface area contributed by atoms with Crippen LogP contribution in [-0.4, -0.2) is 35.1 Å². The molecule has 0 amide bonds. The molecule has 2 N–H and O–H groups in total. The van der Waals surface area contributed by atoms with Crippen LogP contribution in [0.25, 0.3) is 0 Å². The molecule has 0 atom stereocenters. The molecule has 112 valence electrons. The molecule has 21 heavy (non-hydrogen) atoms. The quantitative estimate of drug-likeness (QED) is 0.845. The molecule has 0 unspecified atom stereocenters. The Balaban J connectivity index is 1.75. The summed E-state index contributed by atoms with van der Waals surface area (Å²) in [6.45, 7) is 2.75. The fourth-order valence-corrected chi connectivity index (χ4v) is 3.65. The third-order valence-electron chi connectivity index (χ3n) is 3.29. The van der Waals surface area contributed by atoms with Gasteiger partial charge in [0.1, 0.15) is 0 Å². The Bertz CT molecular complexity index is 610. The Morgan fingerprint density at radius 1 is 1.19 bits per heavy atom. The molecule has 0 aliphatic carbocycles. The van der Waals surface area contributed by atoms with Crippen molar-refractivity contribution < 1.29 is 0 Å². The van der Waals surface area contributed by atoms with E-state index in [-0.39, 0.29) is 0 Å². The second-order valence-corrected chi connectivity index (χ2v) is 7.33. The van der Waals surface area contributed by atoms with E-state index in [2.05, 4.69) is 52.5 Å². The number of hydrogen-bond donors (Lipinski definition) is 2. The van der Waals surface area contributed by atoms with Gasteiger partial charge in [0.25, 0.3) is 0 Å². The number of thiophene rings is 1. The lowest BCUT2D eigenvalue weighted by Crippen LogP contribution is -2.22. The normalized spacial score (nSPS) is 14.5. The number of aromatic nitrogens is 3. The van der Waals surface area contributed by atoms with Gasteiger partial charge in [-0.2, -0.15) is 15.0 Å². The van der Waals surface area contributed by atoms with E-state index in [0.29, 0.717) is 18.4 Å². The van der Waals surface area contributed by atoms with Crippen LogP contribution in [0.2, 0.25) is 0 Å². The minimum Gasteiger partial charge on any atom is -0.357 e. The van der Waals surface area contributed by atoms with Crippen molar-refractivity contribution in [3.05, 3.63) is 20.8 Å². The maximum Gasteiger partial charge on any atom is 0.231 e. The monoisotopic (exact) mass is 368 g/mol. The van der Waals surface area contributed by atoms with Crippen molar-refractivity contribution in [1.29, 1.82) is 0 Å². The van der Waals surface area contributed by atoms with Gasteiger partial charge in [-0.25, -0.2) is 0 Å². The zero-order valence-corrected chi connectivity index (χ0v) is 14.2. The van der Waals surface area contributed by atoms with Crippen molar-refractivity contribution in [1.82, 2.24) is 15.0 Å². The van der Waals surface area contributed by atoms with Crippen LogP contribution < -0.4 is 15.5 Å². The van der Waals surface area contributed by atoms with Gasteiger partial charge in [-0.3, -0.25) is 0 Å². The van der Waals surface area contributed by atoms with Crippen LogP contribution in [0.15, 0.2) is 15.9 Å². The molecule has 1 aliphatic rings. The van der Waals surface area contributed by atoms with Gasteiger partial charge in [-0.15, -0.1) is 11.3 Å². The Labute approximate surface area is 136 Å². The Kier molecular flexibility index (Phi) is 4.54. The summed E-state index contributed by atoms with van der Waals surface area (Å²) in [5.41, 5.74) is 0. The highest BCUT2D eigenvalue weighted by atomic mass is 79.9. The van der Waals surface area contributed by atoms with Crippen molar-refractivity contribution in [2.24, 2.45) is 0 Å². The van der Waals surface area contributed by atoms with Gasteiger partial charge in [0, 0.05) is 25.0 Å². The van der Waals surface area contributed by atoms with Gasteiger partial charge in [-0.05, 0) is 40.9 Å². The van der Waals surface area contributed by atoms with E-state index in [4.69, 9.17) is 0 Å². The predicted octanol–water partition coefficient (Wildman–Crippen LogP) is 2.95. The average molecular weight is 369 g/mol. The van der Waals surface area contributed by atoms with Gasteiger partial charge in [-0.1, -0.05) is 0 Å². The summed E-state index contributed by atoms with van der Waals surface area (Å²) in [4.78, 5) is 16.8. The van der Waals surface area contributed by atoms with Crippen LogP contribution in [0.5, 0.6) is 0 Å². The summed E-state index contributed by atoms with van der Waals surface area (Å²) in [6.07, 6.45) is 2.40. The molecule has 2 aromatic rings. The molecule has 1 saturated heterocycles. The summed E-state index contributed by atoms with van der Waals surface area (Å²) in [5, 5.41) is 6.27. The average Bonchev–Trinajstić information content (AvgIpc) is 3.16. The third kappa shape index (κ3) is 3.62. The van der Waals surface area contributed by atoms with E-state index < -0.39 is 0 Å². The standard InChI is InChI=1S/C13H17BrN6S/c1-15-11-17-12(16-8-9-4-5-10(14)21-9)19-13(18-11)20-6-2-3-7-20/h4-5H,2-3,6-8H2,1H3,(H2,15,16,17,18,19). The second-order valence-electron chi connectivity index (χ2n) is 4.79. The lowest BCUT2D eigenvalue weighted by molar-refractivity contribution is 0.879. The van der Waals surface area contributed by atoms with E-state index >= 15 is 0 Å². The van der Waals surface area contributed by atoms with Crippen LogP contribution in [0, 0.1) is 0 Å². The van der Waals surface area contributed by atoms with Gasteiger partial charge in [0.15, 0.2) is 0 Å². The molecule has 0 aromatic carbocycles. The SMILES string of the molecule is CNc1nc(NCc2ccc(Br)s2)nc(N2CCCC2)n1. The first-order valence-corrected chi connectivity index (χ1v) is 8.52. The predicted molar refractivity (Wildman–Crippen MR) is 90.2 cm³/mol. The van der Waals surface area contributed by atoms with Crippen molar-refractivity contribution >= 4 is 45.1 Å². The van der Waals surface area contributed by atoms with Crippen molar-refractivity contribution in [2.75, 3.05) is 35.7 Å². The zero-order chi connectivity index (χ0) is 14.7. The first-order valence-electron chi connectivity index (χ1n) is 6.91. The molecule has 2 aromatic heterocycles. The largest absolute Gasteiger partial charge is 0.357 e. The first-order chi connectivity index (χ1) is 10.2. The number of nitrogens with one attached hydrogen (secondary N) is 2. The minimum absolute atomic E-state index is 0.599. The number of anilines is 3. The van der Waals surface area contributed by atoms with E-state index in [1.807, 2.05) is 13.1 Å². The fourth-order valence-electron chi connectivity index (χ4n) is 2.23. The molecule has 3 heterocycles. The molecule has 6 nitrogen and oxygen atoms in total. The summed E-state index contributed by atoms with van der Waals surface area (Å²) in [7, 11) is 1.82. The Hall–Kier alpha value is -1.41. The summed E-state index contributed by atoms with van der Waals surface area (Å²) >= 11 is 5.17. The van der Waals surface area contributed by atoms with E-state index in [1.54, 1.807) is 11.3 Å². The summed E-state index contributed by atoms with van der Waals surface area (Å²) in [6, 6.07) is 4.13. The van der Waals surface area contributed by atoms with Crippen molar-refractivity contribution in [3.63, 3.8) is 0 Å². The smallest absolute Gasteiger partial charge is 0.231 e. The van der Waals surface area contributed by atoms with Crippen LogP contribution in [-0.2, 0) is 6.54 Å². The zero-order valence-electron chi connectivity index (χ0n) is 11.8. The minimum atomic E-state index is 0.599. The van der Waals surface area contributed by atoms with Gasteiger partial charge >= 0.3 is 0 Å². The number of halogens is 1. The number of nitrogens with zero attached hydrogens (tertiary/aromatic N) is 4. The van der Waals surface area contributed by atoms with Gasteiger partial charge in [0.05, 0.1) is 10.3 Å². The molecular formula is C13H17BrN6S. The fraction of sp³-hybridized carbons (Fsp3) is 0.462. The number of hydrogen-bond acceptors (Lipinski definition) is 7. The molecular weight excluding hydrogens is 352 g/mol. The number of rotatable bonds is 5. The van der Waals surface area contributed by atoms with Crippen LogP contribution in [0.3, 0.4) is 0 Å². The molecule has 1 fully saturated rings. The maximum atomic E-state index is 4.53. The molecule has 3 rings (SSSR count). The molecule has 0 radical (unpaired) electrons. The lowest BCUT2D eigenvalue weighted by Gasteiger charge is -2.16. The van der Waals surface area contributed by atoms with E-state index in [1.165, 1.54) is 17.7 Å². The van der Waals surface area contributed by atoms with Crippen molar-refractivity contribution in [2.45, 2.75) is 19.4 Å². The highest BCUT2D eigenvalue weighted by Crippen LogP contribution is 2.23. The molecule has 0 bridgehead atoms. The third-order valence-corrected chi connectivity index (χ3v) is 4.91. The summed E-state index contributed by atoms with van der Waals surface area (Å²) in [5.74, 6) is 1.96. The Morgan fingerprint density at radius 2 is 1.95 bits per heavy atom. The molecule has 0 spiro atoms. The van der Waals surface area contributed by atoms with E-state index in [0.717, 1.165) is 22.8 Å². The van der Waals surface area contributed by atoms with Gasteiger partial charge in [0.2, 0.25) is 17.8 Å². The molecule has 8 heteroatoms. The van der Waals surface area contributed by atoms with Crippen molar-refractivity contribution in [3.8, 4) is 0 Å². The highest BCUT2D eigenvalue weighted by molar-refractivity contribution is 9.11. The lowest BCUT2D eigenvalue weighted by atomic mass is 10.4. The highest BCUT2D eigenvalue weighted by Gasteiger charge is 2.17. The van der Waals surface area contributed by atoms with E-state index in [9.17, 15) is 0 Å². The van der Waals surface area contributed by atoms with Gasteiger partial charge < -0.3 is 15.5 Å². The van der Waals surface area contributed by atoms with Crippen LogP contribution >= 0.6 is 27.3 Å². The Morgan fingerprint density at radius 3 is 2.62 bits per heavy atom. The molecule has 1 aliphatic heterocycles.